The van der Waals surface area contributed by atoms with E-state index in [2.05, 4.69) is 30.9 Å². The van der Waals surface area contributed by atoms with Crippen molar-refractivity contribution >= 4 is 23.4 Å². The minimum Gasteiger partial charge on any atom is -0.338 e. The van der Waals surface area contributed by atoms with E-state index in [0.29, 0.717) is 28.5 Å². The SMILES string of the molecule is Cc1cc(F)c(NC(=O)NCCC(C)(C)F)cc1-c1nccc(-c2ccnc(NC(=O)C3CC3)c2)n1. The van der Waals surface area contributed by atoms with E-state index in [0.717, 1.165) is 18.4 Å². The Balaban J connectivity index is 1.54. The van der Waals surface area contributed by atoms with Crippen LogP contribution in [0.25, 0.3) is 22.6 Å². The van der Waals surface area contributed by atoms with Gasteiger partial charge in [0.25, 0.3) is 0 Å². The molecular formula is C26H28F2N6O2. The average molecular weight is 495 g/mol. The van der Waals surface area contributed by atoms with Gasteiger partial charge in [-0.15, -0.1) is 0 Å². The summed E-state index contributed by atoms with van der Waals surface area (Å²) >= 11 is 0. The zero-order chi connectivity index (χ0) is 25.9. The summed E-state index contributed by atoms with van der Waals surface area (Å²) in [6.07, 6.45) is 5.09. The number of halogens is 2. The summed E-state index contributed by atoms with van der Waals surface area (Å²) < 4.78 is 28.2. The Hall–Kier alpha value is -3.95. The molecule has 1 aliphatic rings. The summed E-state index contributed by atoms with van der Waals surface area (Å²) in [4.78, 5) is 37.4. The van der Waals surface area contributed by atoms with E-state index >= 15 is 0 Å². The summed E-state index contributed by atoms with van der Waals surface area (Å²) in [5.74, 6) is 0.188. The minimum atomic E-state index is -1.42. The van der Waals surface area contributed by atoms with Crippen LogP contribution >= 0.6 is 0 Å². The van der Waals surface area contributed by atoms with Crippen LogP contribution in [0.15, 0.2) is 42.7 Å². The molecule has 0 saturated heterocycles. The largest absolute Gasteiger partial charge is 0.338 e. The van der Waals surface area contributed by atoms with Gasteiger partial charge in [-0.3, -0.25) is 4.79 Å². The molecule has 0 spiro atoms. The topological polar surface area (TPSA) is 109 Å². The molecule has 1 aliphatic carbocycles. The number of carbonyl (C=O) groups is 2. The molecule has 10 heteroatoms. The van der Waals surface area contributed by atoms with Crippen LogP contribution in [0, 0.1) is 18.7 Å². The summed E-state index contributed by atoms with van der Waals surface area (Å²) in [5.41, 5.74) is 0.977. The van der Waals surface area contributed by atoms with Gasteiger partial charge < -0.3 is 16.0 Å². The van der Waals surface area contributed by atoms with Gasteiger partial charge in [0.2, 0.25) is 5.91 Å². The van der Waals surface area contributed by atoms with Gasteiger partial charge in [0.15, 0.2) is 5.82 Å². The molecule has 0 atom stereocenters. The number of nitrogens with zero attached hydrogens (tertiary/aromatic N) is 3. The van der Waals surface area contributed by atoms with Gasteiger partial charge in [0.1, 0.15) is 17.3 Å². The molecule has 0 aliphatic heterocycles. The number of hydrogen-bond acceptors (Lipinski definition) is 5. The molecule has 2 aromatic heterocycles. The van der Waals surface area contributed by atoms with Crippen LogP contribution in [0.5, 0.6) is 0 Å². The third kappa shape index (κ3) is 6.59. The van der Waals surface area contributed by atoms with Crippen molar-refractivity contribution < 1.29 is 18.4 Å². The van der Waals surface area contributed by atoms with Gasteiger partial charge in [0.05, 0.1) is 11.4 Å². The van der Waals surface area contributed by atoms with Crippen molar-refractivity contribution in [2.45, 2.75) is 45.7 Å². The van der Waals surface area contributed by atoms with Crippen LogP contribution in [0.2, 0.25) is 0 Å². The monoisotopic (exact) mass is 494 g/mol. The number of benzene rings is 1. The molecule has 0 radical (unpaired) electrons. The Kier molecular flexibility index (Phi) is 7.23. The number of hydrogen-bond donors (Lipinski definition) is 3. The third-order valence-electron chi connectivity index (χ3n) is 5.72. The first-order valence-electron chi connectivity index (χ1n) is 11.7. The van der Waals surface area contributed by atoms with Crippen molar-refractivity contribution in [2.75, 3.05) is 17.2 Å². The Morgan fingerprint density at radius 1 is 1.08 bits per heavy atom. The molecule has 36 heavy (non-hydrogen) atoms. The zero-order valence-corrected chi connectivity index (χ0v) is 20.4. The fraction of sp³-hybridized carbons (Fsp3) is 0.346. The molecule has 3 amide bonds. The van der Waals surface area contributed by atoms with Crippen LogP contribution in [0.3, 0.4) is 0 Å². The molecule has 1 aromatic carbocycles. The normalized spacial score (nSPS) is 13.2. The number of nitrogens with one attached hydrogen (secondary N) is 3. The number of rotatable bonds is 8. The number of aryl methyl sites for hydroxylation is 1. The second kappa shape index (κ2) is 10.3. The Morgan fingerprint density at radius 2 is 1.83 bits per heavy atom. The summed E-state index contributed by atoms with van der Waals surface area (Å²) in [7, 11) is 0. The number of pyridine rings is 1. The van der Waals surface area contributed by atoms with E-state index in [-0.39, 0.29) is 30.5 Å². The minimum absolute atomic E-state index is 0.0394. The van der Waals surface area contributed by atoms with Crippen molar-refractivity contribution in [3.8, 4) is 22.6 Å². The maximum Gasteiger partial charge on any atom is 0.319 e. The number of alkyl halides is 1. The van der Waals surface area contributed by atoms with Crippen LogP contribution in [0.4, 0.5) is 25.1 Å². The fourth-order valence-electron chi connectivity index (χ4n) is 3.53. The first kappa shape index (κ1) is 25.2. The van der Waals surface area contributed by atoms with Crippen molar-refractivity contribution in [1.82, 2.24) is 20.3 Å². The Labute approximate surface area is 208 Å². The second-order valence-electron chi connectivity index (χ2n) is 9.46. The maximum atomic E-state index is 14.6. The first-order chi connectivity index (χ1) is 17.1. The lowest BCUT2D eigenvalue weighted by Gasteiger charge is -2.15. The van der Waals surface area contributed by atoms with Gasteiger partial charge in [-0.25, -0.2) is 28.5 Å². The highest BCUT2D eigenvalue weighted by atomic mass is 19.1. The van der Waals surface area contributed by atoms with E-state index in [1.54, 1.807) is 37.5 Å². The number of anilines is 2. The van der Waals surface area contributed by atoms with Gasteiger partial charge in [0, 0.05) is 36.0 Å². The predicted octanol–water partition coefficient (Wildman–Crippen LogP) is 5.26. The second-order valence-corrected chi connectivity index (χ2v) is 9.46. The molecule has 0 bridgehead atoms. The molecule has 3 N–H and O–H groups in total. The number of urea groups is 1. The Bertz CT molecular complexity index is 1290. The molecular weight excluding hydrogens is 466 g/mol. The predicted molar refractivity (Wildman–Crippen MR) is 134 cm³/mol. The highest BCUT2D eigenvalue weighted by molar-refractivity contribution is 5.93. The van der Waals surface area contributed by atoms with Crippen molar-refractivity contribution in [3.05, 3.63) is 54.1 Å². The van der Waals surface area contributed by atoms with E-state index < -0.39 is 17.5 Å². The summed E-state index contributed by atoms with van der Waals surface area (Å²) in [6, 6.07) is 7.36. The molecule has 0 unspecified atom stereocenters. The van der Waals surface area contributed by atoms with Crippen LogP contribution in [-0.4, -0.2) is 39.1 Å². The molecule has 2 heterocycles. The average Bonchev–Trinajstić information content (AvgIpc) is 3.66. The van der Waals surface area contributed by atoms with E-state index in [1.807, 2.05) is 0 Å². The molecule has 1 saturated carbocycles. The number of carbonyl (C=O) groups excluding carboxylic acids is 2. The fourth-order valence-corrected chi connectivity index (χ4v) is 3.53. The van der Waals surface area contributed by atoms with E-state index in [4.69, 9.17) is 0 Å². The van der Waals surface area contributed by atoms with Crippen molar-refractivity contribution in [1.29, 1.82) is 0 Å². The molecule has 188 valence electrons. The van der Waals surface area contributed by atoms with Gasteiger partial charge in [-0.05, 0) is 75.9 Å². The van der Waals surface area contributed by atoms with Crippen molar-refractivity contribution in [2.24, 2.45) is 5.92 Å². The van der Waals surface area contributed by atoms with Crippen molar-refractivity contribution in [3.63, 3.8) is 0 Å². The third-order valence-corrected chi connectivity index (χ3v) is 5.72. The lowest BCUT2D eigenvalue weighted by Crippen LogP contribution is -2.32. The maximum absolute atomic E-state index is 14.6. The Morgan fingerprint density at radius 3 is 2.56 bits per heavy atom. The quantitative estimate of drug-likeness (QED) is 0.396. The number of amides is 3. The lowest BCUT2D eigenvalue weighted by molar-refractivity contribution is -0.117. The molecule has 3 aromatic rings. The van der Waals surface area contributed by atoms with Gasteiger partial charge in [-0.2, -0.15) is 0 Å². The van der Waals surface area contributed by atoms with E-state index in [1.165, 1.54) is 26.0 Å². The number of aromatic nitrogens is 3. The zero-order valence-electron chi connectivity index (χ0n) is 20.4. The standard InChI is InChI=1S/C26H28F2N6O2/c1-15-12-19(27)21(33-25(36)31-11-8-26(2,3)28)14-18(15)23-30-10-7-20(32-23)17-6-9-29-22(13-17)34-24(35)16-4-5-16/h6-7,9-10,12-14,16H,4-5,8,11H2,1-3H3,(H,29,34,35)(H2,31,33,36). The van der Waals surface area contributed by atoms with Crippen LogP contribution < -0.4 is 16.0 Å². The highest BCUT2D eigenvalue weighted by Crippen LogP contribution is 2.31. The highest BCUT2D eigenvalue weighted by Gasteiger charge is 2.29. The van der Waals surface area contributed by atoms with Gasteiger partial charge >= 0.3 is 6.03 Å². The first-order valence-corrected chi connectivity index (χ1v) is 11.7. The van der Waals surface area contributed by atoms with Crippen LogP contribution in [0.1, 0.15) is 38.7 Å². The molecule has 4 rings (SSSR count). The van der Waals surface area contributed by atoms with Crippen LogP contribution in [-0.2, 0) is 4.79 Å². The lowest BCUT2D eigenvalue weighted by atomic mass is 10.1. The summed E-state index contributed by atoms with van der Waals surface area (Å²) in [5, 5.41) is 7.82. The molecule has 1 fully saturated rings. The molecule has 8 nitrogen and oxygen atoms in total. The van der Waals surface area contributed by atoms with E-state index in [9.17, 15) is 18.4 Å². The van der Waals surface area contributed by atoms with Gasteiger partial charge in [-0.1, -0.05) is 0 Å². The smallest absolute Gasteiger partial charge is 0.319 e. The summed E-state index contributed by atoms with van der Waals surface area (Å²) in [6.45, 7) is 4.67.